The highest BCUT2D eigenvalue weighted by molar-refractivity contribution is 5.79. The fraction of sp³-hybridized carbons (Fsp3) is 0.579. The Bertz CT molecular complexity index is 658. The van der Waals surface area contributed by atoms with Crippen LogP contribution in [0, 0.1) is 19.8 Å². The molecule has 3 rings (SSSR count). The summed E-state index contributed by atoms with van der Waals surface area (Å²) in [5.41, 5.74) is 3.56. The molecule has 1 amide bonds. The number of hydrogen-bond acceptors (Lipinski definition) is 3. The number of carbonyl (C=O) groups excluding carboxylic acids is 1. The Hall–Kier alpha value is -1.88. The van der Waals surface area contributed by atoms with Gasteiger partial charge in [0.1, 0.15) is 0 Å². The van der Waals surface area contributed by atoms with Gasteiger partial charge >= 0.3 is 5.97 Å². The lowest BCUT2D eigenvalue weighted by atomic mass is 9.89. The molecule has 130 valence electrons. The number of fused-ring (bicyclic) bond motifs is 2. The van der Waals surface area contributed by atoms with E-state index in [-0.39, 0.29) is 30.0 Å². The topological polar surface area (TPSA) is 69.6 Å². The average Bonchev–Trinajstić information content (AvgIpc) is 3.06. The summed E-state index contributed by atoms with van der Waals surface area (Å²) in [5, 5.41) is 12.4. The molecule has 2 N–H and O–H groups in total. The minimum Gasteiger partial charge on any atom is -0.481 e. The Morgan fingerprint density at radius 1 is 1.29 bits per heavy atom. The largest absolute Gasteiger partial charge is 0.481 e. The van der Waals surface area contributed by atoms with Crippen molar-refractivity contribution in [1.29, 1.82) is 0 Å². The highest BCUT2D eigenvalue weighted by atomic mass is 16.4. The highest BCUT2D eigenvalue weighted by Crippen LogP contribution is 2.41. The van der Waals surface area contributed by atoms with Crippen molar-refractivity contribution >= 4 is 11.9 Å². The van der Waals surface area contributed by atoms with Crippen molar-refractivity contribution in [3.05, 3.63) is 34.9 Å². The van der Waals surface area contributed by atoms with Crippen molar-refractivity contribution in [2.24, 2.45) is 5.92 Å². The molecule has 5 nitrogen and oxygen atoms in total. The molecule has 2 fully saturated rings. The zero-order valence-corrected chi connectivity index (χ0v) is 14.6. The van der Waals surface area contributed by atoms with Crippen molar-refractivity contribution in [2.75, 3.05) is 6.54 Å². The van der Waals surface area contributed by atoms with E-state index in [1.807, 2.05) is 13.0 Å². The lowest BCUT2D eigenvalue weighted by Gasteiger charge is -2.23. The second-order valence-corrected chi connectivity index (χ2v) is 7.28. The molecule has 2 aliphatic rings. The first-order chi connectivity index (χ1) is 11.4. The van der Waals surface area contributed by atoms with Crippen molar-refractivity contribution < 1.29 is 14.7 Å². The average molecular weight is 330 g/mol. The summed E-state index contributed by atoms with van der Waals surface area (Å²) in [4.78, 5) is 25.8. The zero-order valence-electron chi connectivity index (χ0n) is 14.6. The normalized spacial score (nSPS) is 27.2. The summed E-state index contributed by atoms with van der Waals surface area (Å²) in [6.45, 7) is 6.43. The number of aryl methyl sites for hydroxylation is 2. The van der Waals surface area contributed by atoms with Gasteiger partial charge < -0.3 is 10.4 Å². The maximum Gasteiger partial charge on any atom is 0.308 e. The molecular formula is C19H26N2O3. The second-order valence-electron chi connectivity index (χ2n) is 7.28. The Balaban J connectivity index is 1.60. The van der Waals surface area contributed by atoms with Gasteiger partial charge in [0.2, 0.25) is 5.91 Å². The predicted octanol–water partition coefficient (Wildman–Crippen LogP) is 2.42. The number of benzene rings is 1. The van der Waals surface area contributed by atoms with E-state index in [9.17, 15) is 14.7 Å². The van der Waals surface area contributed by atoms with Crippen LogP contribution >= 0.6 is 0 Å². The molecule has 0 saturated carbocycles. The SMILES string of the molecule is Cc1ccc(C(C)NC(=O)CN2C3CCC2C(C(=O)O)C3)cc1C. The summed E-state index contributed by atoms with van der Waals surface area (Å²) in [6.07, 6.45) is 2.58. The number of nitrogens with one attached hydrogen (secondary N) is 1. The Morgan fingerprint density at radius 3 is 2.67 bits per heavy atom. The summed E-state index contributed by atoms with van der Waals surface area (Å²) in [7, 11) is 0. The van der Waals surface area contributed by atoms with E-state index in [1.165, 1.54) is 11.1 Å². The molecule has 2 aliphatic heterocycles. The minimum atomic E-state index is -0.726. The summed E-state index contributed by atoms with van der Waals surface area (Å²) in [6, 6.07) is 6.46. The second kappa shape index (κ2) is 6.55. The molecule has 4 unspecified atom stereocenters. The Labute approximate surface area is 143 Å². The number of rotatable bonds is 5. The van der Waals surface area contributed by atoms with E-state index in [2.05, 4.69) is 36.2 Å². The van der Waals surface area contributed by atoms with Gasteiger partial charge in [0, 0.05) is 12.1 Å². The van der Waals surface area contributed by atoms with Crippen LogP contribution < -0.4 is 5.32 Å². The van der Waals surface area contributed by atoms with Gasteiger partial charge in [0.25, 0.3) is 0 Å². The fourth-order valence-electron chi connectivity index (χ4n) is 4.18. The van der Waals surface area contributed by atoms with E-state index in [1.54, 1.807) is 0 Å². The van der Waals surface area contributed by atoms with E-state index in [0.717, 1.165) is 18.4 Å². The van der Waals surface area contributed by atoms with Crippen LogP contribution in [0.4, 0.5) is 0 Å². The van der Waals surface area contributed by atoms with Gasteiger partial charge in [-0.1, -0.05) is 18.2 Å². The summed E-state index contributed by atoms with van der Waals surface area (Å²) in [5.74, 6) is -1.06. The molecule has 24 heavy (non-hydrogen) atoms. The number of nitrogens with zero attached hydrogens (tertiary/aromatic N) is 1. The van der Waals surface area contributed by atoms with Crippen LogP contribution in [0.25, 0.3) is 0 Å². The molecule has 0 radical (unpaired) electrons. The Morgan fingerprint density at radius 2 is 2.04 bits per heavy atom. The maximum absolute atomic E-state index is 12.4. The number of carbonyl (C=O) groups is 2. The maximum atomic E-state index is 12.4. The first-order valence-electron chi connectivity index (χ1n) is 8.72. The third-order valence-electron chi connectivity index (χ3n) is 5.73. The molecule has 1 aromatic rings. The molecule has 5 heteroatoms. The molecule has 1 aromatic carbocycles. The molecule has 2 saturated heterocycles. The number of carboxylic acid groups (broad SMARTS) is 1. The van der Waals surface area contributed by atoms with Gasteiger partial charge in [0.15, 0.2) is 0 Å². The fourth-order valence-corrected chi connectivity index (χ4v) is 4.18. The quantitative estimate of drug-likeness (QED) is 0.870. The lowest BCUT2D eigenvalue weighted by molar-refractivity contribution is -0.143. The van der Waals surface area contributed by atoms with Crippen LogP contribution in [0.5, 0.6) is 0 Å². The first kappa shape index (κ1) is 17.0. The van der Waals surface area contributed by atoms with Crippen LogP contribution in [0.2, 0.25) is 0 Å². The molecule has 0 aromatic heterocycles. The third-order valence-corrected chi connectivity index (χ3v) is 5.73. The van der Waals surface area contributed by atoms with Crippen molar-refractivity contribution in [3.63, 3.8) is 0 Å². The van der Waals surface area contributed by atoms with Gasteiger partial charge in [-0.3, -0.25) is 14.5 Å². The number of amides is 1. The monoisotopic (exact) mass is 330 g/mol. The van der Waals surface area contributed by atoms with E-state index in [4.69, 9.17) is 0 Å². The lowest BCUT2D eigenvalue weighted by Crippen LogP contribution is -2.41. The van der Waals surface area contributed by atoms with Crippen LogP contribution in [-0.2, 0) is 9.59 Å². The van der Waals surface area contributed by atoms with E-state index < -0.39 is 5.97 Å². The first-order valence-corrected chi connectivity index (χ1v) is 8.72. The smallest absolute Gasteiger partial charge is 0.308 e. The number of hydrogen-bond donors (Lipinski definition) is 2. The van der Waals surface area contributed by atoms with Crippen molar-refractivity contribution in [1.82, 2.24) is 10.2 Å². The zero-order chi connectivity index (χ0) is 17.4. The van der Waals surface area contributed by atoms with Crippen LogP contribution in [-0.4, -0.2) is 40.5 Å². The van der Waals surface area contributed by atoms with Crippen molar-refractivity contribution in [2.45, 2.75) is 58.2 Å². The molecule has 0 spiro atoms. The van der Waals surface area contributed by atoms with Gasteiger partial charge in [0.05, 0.1) is 18.5 Å². The molecule has 2 heterocycles. The van der Waals surface area contributed by atoms with Crippen LogP contribution in [0.15, 0.2) is 18.2 Å². The van der Waals surface area contributed by atoms with Gasteiger partial charge in [-0.05, 0) is 56.7 Å². The Kier molecular flexibility index (Phi) is 4.63. The standard InChI is InChI=1S/C19H26N2O3/c1-11-4-5-14(8-12(11)2)13(3)20-18(22)10-21-15-6-7-17(21)16(9-15)19(23)24/h4-5,8,13,15-17H,6-7,9-10H2,1-3H3,(H,20,22)(H,23,24). The van der Waals surface area contributed by atoms with Crippen LogP contribution in [0.1, 0.15) is 48.9 Å². The minimum absolute atomic E-state index is 0.0233. The molecule has 0 aliphatic carbocycles. The molecular weight excluding hydrogens is 304 g/mol. The molecule has 2 bridgehead atoms. The van der Waals surface area contributed by atoms with E-state index in [0.29, 0.717) is 13.0 Å². The van der Waals surface area contributed by atoms with Gasteiger partial charge in [-0.25, -0.2) is 0 Å². The van der Waals surface area contributed by atoms with E-state index >= 15 is 0 Å². The summed E-state index contributed by atoms with van der Waals surface area (Å²) >= 11 is 0. The third kappa shape index (κ3) is 3.18. The van der Waals surface area contributed by atoms with Gasteiger partial charge in [-0.2, -0.15) is 0 Å². The highest BCUT2D eigenvalue weighted by Gasteiger charge is 2.49. The molecule has 4 atom stereocenters. The van der Waals surface area contributed by atoms with Gasteiger partial charge in [-0.15, -0.1) is 0 Å². The van der Waals surface area contributed by atoms with Crippen molar-refractivity contribution in [3.8, 4) is 0 Å². The van der Waals surface area contributed by atoms with Crippen LogP contribution in [0.3, 0.4) is 0 Å². The summed E-state index contributed by atoms with van der Waals surface area (Å²) < 4.78 is 0. The predicted molar refractivity (Wildman–Crippen MR) is 91.7 cm³/mol. The number of carboxylic acids is 1. The number of aliphatic carboxylic acids is 1.